The standard InChI is InChI=1S/C23H26N6O3/c1-4-5-13-32-18-12-11-16(14-19(18)31-3)21-20(15(2)24-23-26-27-28-29(21)23)22(30)25-17-9-7-6-8-10-17/h6-12,14,21H,4-5,13H2,1-3H3,(H,25,30)(H,24,26,28). The summed E-state index contributed by atoms with van der Waals surface area (Å²) in [6.45, 7) is 4.56. The van der Waals surface area contributed by atoms with Crippen molar-refractivity contribution in [2.75, 3.05) is 24.4 Å². The van der Waals surface area contributed by atoms with Crippen LogP contribution in [0, 0.1) is 0 Å². The molecule has 0 saturated heterocycles. The maximum Gasteiger partial charge on any atom is 0.255 e. The third-order valence-corrected chi connectivity index (χ3v) is 5.25. The van der Waals surface area contributed by atoms with Crippen molar-refractivity contribution >= 4 is 17.5 Å². The molecule has 9 nitrogen and oxygen atoms in total. The number of benzene rings is 2. The minimum atomic E-state index is -0.538. The quantitative estimate of drug-likeness (QED) is 0.520. The summed E-state index contributed by atoms with van der Waals surface area (Å²) >= 11 is 0. The second-order valence-electron chi connectivity index (χ2n) is 7.45. The van der Waals surface area contributed by atoms with E-state index >= 15 is 0 Å². The van der Waals surface area contributed by atoms with Gasteiger partial charge >= 0.3 is 0 Å². The minimum absolute atomic E-state index is 0.241. The summed E-state index contributed by atoms with van der Waals surface area (Å²) in [6, 6.07) is 14.4. The molecule has 1 atom stereocenters. The number of unbranched alkanes of at least 4 members (excludes halogenated alkanes) is 1. The minimum Gasteiger partial charge on any atom is -0.493 e. The summed E-state index contributed by atoms with van der Waals surface area (Å²) in [4.78, 5) is 13.3. The van der Waals surface area contributed by atoms with Crippen LogP contribution in [0.1, 0.15) is 38.3 Å². The number of carbonyl (C=O) groups excluding carboxylic acids is 1. The summed E-state index contributed by atoms with van der Waals surface area (Å²) in [5, 5.41) is 18.0. The number of fused-ring (bicyclic) bond motifs is 1. The van der Waals surface area contributed by atoms with Crippen molar-refractivity contribution in [2.45, 2.75) is 32.7 Å². The number of tetrazole rings is 1. The summed E-state index contributed by atoms with van der Waals surface area (Å²) in [5.41, 5.74) is 2.69. The molecule has 4 rings (SSSR count). The molecule has 0 spiro atoms. The van der Waals surface area contributed by atoms with Gasteiger partial charge in [-0.25, -0.2) is 0 Å². The van der Waals surface area contributed by atoms with E-state index in [-0.39, 0.29) is 5.91 Å². The lowest BCUT2D eigenvalue weighted by atomic mass is 9.94. The van der Waals surface area contributed by atoms with Crippen LogP contribution in [0.15, 0.2) is 59.8 Å². The van der Waals surface area contributed by atoms with Gasteiger partial charge in [-0.2, -0.15) is 4.68 Å². The van der Waals surface area contributed by atoms with Crippen molar-refractivity contribution in [3.8, 4) is 11.5 Å². The van der Waals surface area contributed by atoms with Crippen LogP contribution in [-0.2, 0) is 4.79 Å². The monoisotopic (exact) mass is 434 g/mol. The van der Waals surface area contributed by atoms with Gasteiger partial charge in [-0.05, 0) is 53.6 Å². The van der Waals surface area contributed by atoms with Crippen LogP contribution >= 0.6 is 0 Å². The molecule has 1 aliphatic heterocycles. The number of aromatic nitrogens is 4. The molecule has 2 heterocycles. The van der Waals surface area contributed by atoms with Crippen molar-refractivity contribution in [1.82, 2.24) is 20.2 Å². The molecule has 0 aliphatic carbocycles. The Morgan fingerprint density at radius 3 is 2.75 bits per heavy atom. The van der Waals surface area contributed by atoms with Crippen LogP contribution in [0.5, 0.6) is 11.5 Å². The van der Waals surface area contributed by atoms with Crippen LogP contribution in [0.4, 0.5) is 11.6 Å². The number of methoxy groups -OCH3 is 1. The molecule has 0 radical (unpaired) electrons. The van der Waals surface area contributed by atoms with E-state index in [2.05, 4.69) is 33.1 Å². The second-order valence-corrected chi connectivity index (χ2v) is 7.45. The Morgan fingerprint density at radius 2 is 2.00 bits per heavy atom. The van der Waals surface area contributed by atoms with E-state index in [1.165, 1.54) is 0 Å². The Labute approximate surface area is 186 Å². The highest BCUT2D eigenvalue weighted by Crippen LogP contribution is 2.38. The summed E-state index contributed by atoms with van der Waals surface area (Å²) < 4.78 is 13.0. The van der Waals surface area contributed by atoms with Crippen molar-refractivity contribution in [3.63, 3.8) is 0 Å². The van der Waals surface area contributed by atoms with Crippen LogP contribution < -0.4 is 20.1 Å². The Morgan fingerprint density at radius 1 is 1.19 bits per heavy atom. The van der Waals surface area contributed by atoms with Gasteiger partial charge in [0.25, 0.3) is 5.91 Å². The highest BCUT2D eigenvalue weighted by Gasteiger charge is 2.34. The van der Waals surface area contributed by atoms with E-state index in [1.807, 2.05) is 55.5 Å². The Balaban J connectivity index is 1.72. The molecule has 32 heavy (non-hydrogen) atoms. The second kappa shape index (κ2) is 9.51. The smallest absolute Gasteiger partial charge is 0.255 e. The van der Waals surface area contributed by atoms with Crippen LogP contribution in [-0.4, -0.2) is 39.8 Å². The number of hydrogen-bond acceptors (Lipinski definition) is 7. The number of para-hydroxylation sites is 1. The molecular formula is C23H26N6O3. The third kappa shape index (κ3) is 4.27. The van der Waals surface area contributed by atoms with E-state index in [0.29, 0.717) is 41.0 Å². The fourth-order valence-electron chi connectivity index (χ4n) is 3.63. The molecular weight excluding hydrogens is 408 g/mol. The molecule has 2 N–H and O–H groups in total. The van der Waals surface area contributed by atoms with Crippen molar-refractivity contribution in [3.05, 3.63) is 65.4 Å². The normalized spacial score (nSPS) is 15.0. The van der Waals surface area contributed by atoms with Gasteiger partial charge in [0.05, 0.1) is 19.3 Å². The first kappa shape index (κ1) is 21.4. The van der Waals surface area contributed by atoms with Crippen LogP contribution in [0.25, 0.3) is 0 Å². The zero-order valence-corrected chi connectivity index (χ0v) is 18.3. The predicted molar refractivity (Wildman–Crippen MR) is 121 cm³/mol. The van der Waals surface area contributed by atoms with E-state index in [4.69, 9.17) is 9.47 Å². The first-order valence-corrected chi connectivity index (χ1v) is 10.5. The molecule has 0 bridgehead atoms. The zero-order valence-electron chi connectivity index (χ0n) is 18.3. The first-order valence-electron chi connectivity index (χ1n) is 10.5. The van der Waals surface area contributed by atoms with E-state index < -0.39 is 6.04 Å². The zero-order chi connectivity index (χ0) is 22.5. The number of amides is 1. The van der Waals surface area contributed by atoms with Gasteiger partial charge in [0.1, 0.15) is 6.04 Å². The number of nitrogens with zero attached hydrogens (tertiary/aromatic N) is 4. The summed E-state index contributed by atoms with van der Waals surface area (Å²) in [6.07, 6.45) is 2.00. The molecule has 9 heteroatoms. The van der Waals surface area contributed by atoms with Gasteiger partial charge in [-0.3, -0.25) is 4.79 Å². The number of carbonyl (C=O) groups is 1. The lowest BCUT2D eigenvalue weighted by Crippen LogP contribution is -2.31. The molecule has 3 aromatic rings. The fourth-order valence-corrected chi connectivity index (χ4v) is 3.63. The number of ether oxygens (including phenoxy) is 2. The largest absolute Gasteiger partial charge is 0.493 e. The SMILES string of the molecule is CCCCOc1ccc(C2C(C(=O)Nc3ccccc3)=C(C)Nc3nnnn32)cc1OC. The van der Waals surface area contributed by atoms with Gasteiger partial charge in [0.15, 0.2) is 11.5 Å². The van der Waals surface area contributed by atoms with Gasteiger partial charge in [0, 0.05) is 11.4 Å². The Hall–Kier alpha value is -3.88. The molecule has 1 amide bonds. The highest BCUT2D eigenvalue weighted by atomic mass is 16.5. The maximum absolute atomic E-state index is 13.3. The van der Waals surface area contributed by atoms with Crippen molar-refractivity contribution < 1.29 is 14.3 Å². The van der Waals surface area contributed by atoms with Crippen LogP contribution in [0.3, 0.4) is 0 Å². The van der Waals surface area contributed by atoms with Gasteiger partial charge in [0.2, 0.25) is 5.95 Å². The Kier molecular flexibility index (Phi) is 6.34. The lowest BCUT2D eigenvalue weighted by Gasteiger charge is -2.28. The lowest BCUT2D eigenvalue weighted by molar-refractivity contribution is -0.113. The maximum atomic E-state index is 13.3. The Bertz CT molecular complexity index is 1130. The molecule has 1 aromatic heterocycles. The molecule has 2 aromatic carbocycles. The number of hydrogen-bond donors (Lipinski definition) is 2. The topological polar surface area (TPSA) is 103 Å². The van der Waals surface area contributed by atoms with Gasteiger partial charge in [-0.1, -0.05) is 42.7 Å². The van der Waals surface area contributed by atoms with Crippen molar-refractivity contribution in [1.29, 1.82) is 0 Å². The van der Waals surface area contributed by atoms with Gasteiger partial charge < -0.3 is 20.1 Å². The summed E-state index contributed by atoms with van der Waals surface area (Å²) in [5.74, 6) is 1.47. The molecule has 1 unspecified atom stereocenters. The van der Waals surface area contributed by atoms with E-state index in [9.17, 15) is 4.79 Å². The van der Waals surface area contributed by atoms with Crippen molar-refractivity contribution in [2.24, 2.45) is 0 Å². The highest BCUT2D eigenvalue weighted by molar-refractivity contribution is 6.06. The van der Waals surface area contributed by atoms with Gasteiger partial charge in [-0.15, -0.1) is 0 Å². The summed E-state index contributed by atoms with van der Waals surface area (Å²) in [7, 11) is 1.60. The number of anilines is 2. The van der Waals surface area contributed by atoms with E-state index in [1.54, 1.807) is 11.8 Å². The molecule has 166 valence electrons. The predicted octanol–water partition coefficient (Wildman–Crippen LogP) is 3.79. The fraction of sp³-hybridized carbons (Fsp3) is 0.304. The number of allylic oxidation sites excluding steroid dienone is 1. The third-order valence-electron chi connectivity index (χ3n) is 5.25. The average Bonchev–Trinajstić information content (AvgIpc) is 3.27. The van der Waals surface area contributed by atoms with Crippen LogP contribution in [0.2, 0.25) is 0 Å². The molecule has 0 saturated carbocycles. The van der Waals surface area contributed by atoms with E-state index in [0.717, 1.165) is 18.4 Å². The average molecular weight is 435 g/mol. The molecule has 0 fully saturated rings. The number of rotatable bonds is 8. The first-order chi connectivity index (χ1) is 15.6. The molecule has 1 aliphatic rings. The number of nitrogens with one attached hydrogen (secondary N) is 2.